The molecule has 7 nitrogen and oxygen atoms in total. The van der Waals surface area contributed by atoms with Crippen LogP contribution in [0.15, 0.2) is 0 Å². The number of carboxylic acid groups (broad SMARTS) is 1. The van der Waals surface area contributed by atoms with Crippen LogP contribution in [0.5, 0.6) is 0 Å². The first-order chi connectivity index (χ1) is 9.93. The molecule has 1 saturated heterocycles. The average molecular weight is 300 g/mol. The van der Waals surface area contributed by atoms with Gasteiger partial charge in [0, 0.05) is 33.1 Å². The largest absolute Gasteiger partial charge is 0.481 e. The Kier molecular flexibility index (Phi) is 6.98. The summed E-state index contributed by atoms with van der Waals surface area (Å²) in [6.45, 7) is 1.63. The van der Waals surface area contributed by atoms with Crippen LogP contribution >= 0.6 is 0 Å². The van der Waals surface area contributed by atoms with Crippen molar-refractivity contribution in [3.05, 3.63) is 0 Å². The molecule has 1 N–H and O–H groups in total. The topological polar surface area (TPSA) is 87.2 Å². The van der Waals surface area contributed by atoms with Gasteiger partial charge in [-0.2, -0.15) is 0 Å². The fraction of sp³-hybridized carbons (Fsp3) is 0.786. The molecule has 0 saturated carbocycles. The maximum Gasteiger partial charge on any atom is 0.319 e. The summed E-state index contributed by atoms with van der Waals surface area (Å²) < 4.78 is 4.55. The Balaban J connectivity index is 2.30. The molecule has 0 aromatic rings. The predicted molar refractivity (Wildman–Crippen MR) is 75.8 cm³/mol. The minimum absolute atomic E-state index is 0.0874. The zero-order valence-corrected chi connectivity index (χ0v) is 12.7. The van der Waals surface area contributed by atoms with E-state index < -0.39 is 5.97 Å². The van der Waals surface area contributed by atoms with Crippen LogP contribution in [0, 0.1) is 5.92 Å². The van der Waals surface area contributed by atoms with Gasteiger partial charge in [-0.3, -0.25) is 9.59 Å². The Labute approximate surface area is 124 Å². The third-order valence-corrected chi connectivity index (χ3v) is 3.86. The number of carboxylic acids is 1. The number of carbonyl (C=O) groups is 3. The lowest BCUT2D eigenvalue weighted by molar-refractivity contribution is -0.141. The molecule has 1 heterocycles. The first kappa shape index (κ1) is 17.3. The summed E-state index contributed by atoms with van der Waals surface area (Å²) in [6.07, 6.45) is 2.73. The fourth-order valence-electron chi connectivity index (χ4n) is 2.44. The summed E-state index contributed by atoms with van der Waals surface area (Å²) in [7, 11) is 2.99. The van der Waals surface area contributed by atoms with Crippen molar-refractivity contribution in [2.24, 2.45) is 5.92 Å². The minimum atomic E-state index is -0.768. The van der Waals surface area contributed by atoms with Crippen LogP contribution < -0.4 is 0 Å². The van der Waals surface area contributed by atoms with E-state index in [1.807, 2.05) is 0 Å². The Morgan fingerprint density at radius 3 is 2.38 bits per heavy atom. The Morgan fingerprint density at radius 1 is 1.24 bits per heavy atom. The SMILES string of the molecule is COC(=O)CCN(C)C(=O)N1CCC(CCC(=O)O)CC1. The first-order valence-corrected chi connectivity index (χ1v) is 7.22. The molecule has 120 valence electrons. The maximum absolute atomic E-state index is 12.2. The van der Waals surface area contributed by atoms with E-state index in [0.29, 0.717) is 32.0 Å². The number of carbonyl (C=O) groups excluding carboxylic acids is 2. The molecule has 0 aromatic carbocycles. The molecule has 0 unspecified atom stereocenters. The molecule has 0 atom stereocenters. The van der Waals surface area contributed by atoms with Crippen molar-refractivity contribution in [3.8, 4) is 0 Å². The van der Waals surface area contributed by atoms with Gasteiger partial charge in [-0.05, 0) is 25.2 Å². The molecule has 7 heteroatoms. The molecular weight excluding hydrogens is 276 g/mol. The van der Waals surface area contributed by atoms with E-state index >= 15 is 0 Å². The lowest BCUT2D eigenvalue weighted by Crippen LogP contribution is -2.45. The van der Waals surface area contributed by atoms with Gasteiger partial charge >= 0.3 is 18.0 Å². The normalized spacial score (nSPS) is 15.6. The Bertz CT molecular complexity index is 378. The second-order valence-electron chi connectivity index (χ2n) is 5.39. The van der Waals surface area contributed by atoms with Crippen molar-refractivity contribution in [1.82, 2.24) is 9.80 Å². The van der Waals surface area contributed by atoms with E-state index in [-0.39, 0.29) is 24.8 Å². The summed E-state index contributed by atoms with van der Waals surface area (Å²) in [4.78, 5) is 37.1. The smallest absolute Gasteiger partial charge is 0.319 e. The first-order valence-electron chi connectivity index (χ1n) is 7.22. The Morgan fingerprint density at radius 2 is 1.86 bits per heavy atom. The van der Waals surface area contributed by atoms with Crippen molar-refractivity contribution >= 4 is 18.0 Å². The van der Waals surface area contributed by atoms with Crippen LogP contribution in [-0.2, 0) is 14.3 Å². The second kappa shape index (κ2) is 8.49. The highest BCUT2D eigenvalue weighted by molar-refractivity contribution is 5.75. The van der Waals surface area contributed by atoms with E-state index in [2.05, 4.69) is 4.74 Å². The van der Waals surface area contributed by atoms with Crippen molar-refractivity contribution in [3.63, 3.8) is 0 Å². The van der Waals surface area contributed by atoms with Crippen molar-refractivity contribution in [1.29, 1.82) is 0 Å². The van der Waals surface area contributed by atoms with Crippen LogP contribution in [0.25, 0.3) is 0 Å². The number of aliphatic carboxylic acids is 1. The number of hydrogen-bond donors (Lipinski definition) is 1. The monoisotopic (exact) mass is 300 g/mol. The molecule has 0 spiro atoms. The van der Waals surface area contributed by atoms with Crippen LogP contribution in [0.1, 0.15) is 32.1 Å². The van der Waals surface area contributed by atoms with Crippen molar-refractivity contribution in [2.45, 2.75) is 32.1 Å². The summed E-state index contributed by atoms with van der Waals surface area (Å²) in [5.41, 5.74) is 0. The number of amides is 2. The zero-order chi connectivity index (χ0) is 15.8. The highest BCUT2D eigenvalue weighted by Crippen LogP contribution is 2.22. The fourth-order valence-corrected chi connectivity index (χ4v) is 2.44. The van der Waals surface area contributed by atoms with Gasteiger partial charge in [0.05, 0.1) is 13.5 Å². The Hall–Kier alpha value is -1.79. The molecule has 0 radical (unpaired) electrons. The summed E-state index contributed by atoms with van der Waals surface area (Å²) in [6, 6.07) is -0.0874. The predicted octanol–water partition coefficient (Wildman–Crippen LogP) is 1.18. The van der Waals surface area contributed by atoms with Gasteiger partial charge in [0.25, 0.3) is 0 Å². The molecular formula is C14H24N2O5. The number of rotatable bonds is 6. The van der Waals surface area contributed by atoms with Crippen molar-refractivity contribution in [2.75, 3.05) is 33.8 Å². The highest BCUT2D eigenvalue weighted by atomic mass is 16.5. The lowest BCUT2D eigenvalue weighted by Gasteiger charge is -2.34. The number of hydrogen-bond acceptors (Lipinski definition) is 4. The third-order valence-electron chi connectivity index (χ3n) is 3.86. The van der Waals surface area contributed by atoms with E-state index in [0.717, 1.165) is 12.8 Å². The molecule has 1 rings (SSSR count). The van der Waals surface area contributed by atoms with E-state index in [1.165, 1.54) is 12.0 Å². The van der Waals surface area contributed by atoms with E-state index in [4.69, 9.17) is 5.11 Å². The average Bonchev–Trinajstić information content (AvgIpc) is 2.49. The van der Waals surface area contributed by atoms with Crippen LogP contribution in [0.2, 0.25) is 0 Å². The van der Waals surface area contributed by atoms with Gasteiger partial charge in [-0.1, -0.05) is 0 Å². The minimum Gasteiger partial charge on any atom is -0.481 e. The molecule has 1 fully saturated rings. The molecule has 0 bridgehead atoms. The maximum atomic E-state index is 12.2. The molecule has 1 aliphatic heterocycles. The van der Waals surface area contributed by atoms with Gasteiger partial charge in [-0.25, -0.2) is 4.79 Å². The van der Waals surface area contributed by atoms with Gasteiger partial charge in [0.2, 0.25) is 0 Å². The van der Waals surface area contributed by atoms with Gasteiger partial charge in [-0.15, -0.1) is 0 Å². The van der Waals surface area contributed by atoms with Crippen LogP contribution in [-0.4, -0.2) is 66.7 Å². The summed E-state index contributed by atoms with van der Waals surface area (Å²) in [5.74, 6) is -0.719. The molecule has 21 heavy (non-hydrogen) atoms. The number of piperidine rings is 1. The van der Waals surface area contributed by atoms with Crippen LogP contribution in [0.4, 0.5) is 4.79 Å². The van der Waals surface area contributed by atoms with Gasteiger partial charge in [0.15, 0.2) is 0 Å². The number of urea groups is 1. The third kappa shape index (κ3) is 6.01. The van der Waals surface area contributed by atoms with E-state index in [1.54, 1.807) is 11.9 Å². The number of nitrogens with zero attached hydrogens (tertiary/aromatic N) is 2. The molecule has 1 aliphatic rings. The van der Waals surface area contributed by atoms with E-state index in [9.17, 15) is 14.4 Å². The highest BCUT2D eigenvalue weighted by Gasteiger charge is 2.25. The van der Waals surface area contributed by atoms with Gasteiger partial charge < -0.3 is 19.6 Å². The zero-order valence-electron chi connectivity index (χ0n) is 12.7. The lowest BCUT2D eigenvalue weighted by atomic mass is 9.92. The summed E-state index contributed by atoms with van der Waals surface area (Å²) in [5, 5.41) is 8.67. The number of methoxy groups -OCH3 is 1. The number of esters is 1. The molecule has 0 aliphatic carbocycles. The molecule has 0 aromatic heterocycles. The van der Waals surface area contributed by atoms with Crippen molar-refractivity contribution < 1.29 is 24.2 Å². The van der Waals surface area contributed by atoms with Crippen LogP contribution in [0.3, 0.4) is 0 Å². The molecule has 2 amide bonds. The van der Waals surface area contributed by atoms with Gasteiger partial charge in [0.1, 0.15) is 0 Å². The number of ether oxygens (including phenoxy) is 1. The second-order valence-corrected chi connectivity index (χ2v) is 5.39. The standard InChI is InChI=1S/C14H24N2O5/c1-15(8-7-13(19)21-2)14(20)16-9-5-11(6-10-16)3-4-12(17)18/h11H,3-10H2,1-2H3,(H,17,18). The number of likely N-dealkylation sites (tertiary alicyclic amines) is 1. The summed E-state index contributed by atoms with van der Waals surface area (Å²) >= 11 is 0. The quantitative estimate of drug-likeness (QED) is 0.744.